The number of nitrogens with zero attached hydrogens (tertiary/aromatic N) is 2. The highest BCUT2D eigenvalue weighted by Gasteiger charge is 2.34. The number of hydrogen-bond acceptors (Lipinski definition) is 3. The second-order valence-corrected chi connectivity index (χ2v) is 6.83. The second kappa shape index (κ2) is 10.1. The molecule has 2 N–H and O–H groups in total. The Morgan fingerprint density at radius 2 is 1.90 bits per heavy atom. The molecule has 0 bridgehead atoms. The molecule has 0 radical (unpaired) electrons. The molecule has 1 fully saturated rings. The Morgan fingerprint density at radius 3 is 2.55 bits per heavy atom. The number of halogens is 6. The fourth-order valence-corrected chi connectivity index (χ4v) is 3.04. The Hall–Kier alpha value is -2.01. The topological polar surface area (TPSA) is 48.9 Å². The molecule has 1 aliphatic heterocycles. The molecular formula is C18H24F6N4O. The first-order chi connectivity index (χ1) is 13.5. The minimum Gasteiger partial charge on any atom is -0.367 e. The number of alkyl halides is 6. The normalized spacial score (nSPS) is 18.9. The molecule has 2 rings (SSSR count). The zero-order valence-corrected chi connectivity index (χ0v) is 15.9. The summed E-state index contributed by atoms with van der Waals surface area (Å²) in [6.07, 6.45) is -8.01. The van der Waals surface area contributed by atoms with Crippen LogP contribution in [0.1, 0.15) is 17.5 Å². The van der Waals surface area contributed by atoms with E-state index in [0.717, 1.165) is 5.56 Å². The number of rotatable bonds is 7. The van der Waals surface area contributed by atoms with Crippen molar-refractivity contribution in [1.82, 2.24) is 15.5 Å². The molecule has 0 aromatic heterocycles. The molecule has 1 heterocycles. The van der Waals surface area contributed by atoms with Crippen molar-refractivity contribution in [3.8, 4) is 0 Å². The van der Waals surface area contributed by atoms with Crippen LogP contribution in [0.5, 0.6) is 0 Å². The zero-order chi connectivity index (χ0) is 21.5. The maximum atomic E-state index is 12.5. The summed E-state index contributed by atoms with van der Waals surface area (Å²) < 4.78 is 78.5. The second-order valence-electron chi connectivity index (χ2n) is 6.83. The highest BCUT2D eigenvalue weighted by atomic mass is 19.4. The number of hydrogen-bond donors (Lipinski definition) is 2. The van der Waals surface area contributed by atoms with Crippen LogP contribution in [0.25, 0.3) is 0 Å². The summed E-state index contributed by atoms with van der Waals surface area (Å²) >= 11 is 0. The first-order valence-corrected chi connectivity index (χ1v) is 9.03. The third-order valence-corrected chi connectivity index (χ3v) is 4.23. The third kappa shape index (κ3) is 9.35. The monoisotopic (exact) mass is 426 g/mol. The van der Waals surface area contributed by atoms with E-state index in [1.165, 1.54) is 4.90 Å². The molecule has 1 atom stereocenters. The summed E-state index contributed by atoms with van der Waals surface area (Å²) in [5.41, 5.74) is 1.42. The van der Waals surface area contributed by atoms with E-state index in [1.807, 2.05) is 0 Å². The van der Waals surface area contributed by atoms with E-state index in [-0.39, 0.29) is 19.2 Å². The van der Waals surface area contributed by atoms with Gasteiger partial charge >= 0.3 is 12.4 Å². The standard InChI is InChI=1S/C18H24F6N4O/c1-25-16(27-15-5-6-28(9-15)11-17(19,20)21)26-8-13-3-2-4-14(7-13)10-29-12-18(22,23)24/h2-4,7,15H,5-6,8-12H2,1H3,(H2,25,26,27). The summed E-state index contributed by atoms with van der Waals surface area (Å²) in [4.78, 5) is 5.41. The van der Waals surface area contributed by atoms with Gasteiger partial charge in [-0.3, -0.25) is 9.89 Å². The van der Waals surface area contributed by atoms with Crippen molar-refractivity contribution in [2.24, 2.45) is 4.99 Å². The van der Waals surface area contributed by atoms with Crippen molar-refractivity contribution in [2.45, 2.75) is 38.0 Å². The maximum absolute atomic E-state index is 12.5. The quantitative estimate of drug-likeness (QED) is 0.400. The third-order valence-electron chi connectivity index (χ3n) is 4.23. The van der Waals surface area contributed by atoms with E-state index in [1.54, 1.807) is 31.3 Å². The molecule has 1 saturated heterocycles. The van der Waals surface area contributed by atoms with Crippen LogP contribution in [0.2, 0.25) is 0 Å². The first kappa shape index (κ1) is 23.3. The van der Waals surface area contributed by atoms with Gasteiger partial charge in [0.25, 0.3) is 0 Å². The van der Waals surface area contributed by atoms with E-state index in [9.17, 15) is 26.3 Å². The molecule has 0 saturated carbocycles. The van der Waals surface area contributed by atoms with Gasteiger partial charge in [-0.05, 0) is 17.5 Å². The lowest BCUT2D eigenvalue weighted by Gasteiger charge is -2.20. The first-order valence-electron chi connectivity index (χ1n) is 9.03. The maximum Gasteiger partial charge on any atom is 0.411 e. The molecule has 11 heteroatoms. The van der Waals surface area contributed by atoms with Crippen molar-refractivity contribution in [2.75, 3.05) is 33.3 Å². The minimum atomic E-state index is -4.37. The van der Waals surface area contributed by atoms with Crippen LogP contribution in [-0.2, 0) is 17.9 Å². The van der Waals surface area contributed by atoms with Gasteiger partial charge in [-0.25, -0.2) is 0 Å². The number of likely N-dealkylation sites (tertiary alicyclic amines) is 1. The SMILES string of the molecule is CN=C(NCc1cccc(COCC(F)(F)F)c1)NC1CCN(CC(F)(F)F)C1. The fraction of sp³-hybridized carbons (Fsp3) is 0.611. The Morgan fingerprint density at radius 1 is 1.17 bits per heavy atom. The molecule has 1 aromatic carbocycles. The number of benzene rings is 1. The van der Waals surface area contributed by atoms with E-state index in [4.69, 9.17) is 0 Å². The van der Waals surface area contributed by atoms with Gasteiger partial charge in [0.2, 0.25) is 0 Å². The van der Waals surface area contributed by atoms with Crippen LogP contribution in [-0.4, -0.2) is 62.5 Å². The van der Waals surface area contributed by atoms with E-state index >= 15 is 0 Å². The van der Waals surface area contributed by atoms with Gasteiger partial charge in [0.1, 0.15) is 6.61 Å². The highest BCUT2D eigenvalue weighted by Crippen LogP contribution is 2.20. The van der Waals surface area contributed by atoms with Gasteiger partial charge in [0.05, 0.1) is 13.2 Å². The van der Waals surface area contributed by atoms with Crippen LogP contribution in [0.3, 0.4) is 0 Å². The summed E-state index contributed by atoms with van der Waals surface area (Å²) in [7, 11) is 1.55. The number of nitrogens with one attached hydrogen (secondary N) is 2. The van der Waals surface area contributed by atoms with E-state index in [0.29, 0.717) is 31.0 Å². The van der Waals surface area contributed by atoms with Gasteiger partial charge in [-0.15, -0.1) is 0 Å². The smallest absolute Gasteiger partial charge is 0.367 e. The Kier molecular flexibility index (Phi) is 8.14. The van der Waals surface area contributed by atoms with Crippen LogP contribution in [0, 0.1) is 0 Å². The Bertz CT molecular complexity index is 677. The lowest BCUT2D eigenvalue weighted by atomic mass is 10.1. The highest BCUT2D eigenvalue weighted by molar-refractivity contribution is 5.80. The molecular weight excluding hydrogens is 402 g/mol. The average molecular weight is 426 g/mol. The van der Waals surface area contributed by atoms with Crippen LogP contribution in [0.4, 0.5) is 26.3 Å². The molecule has 0 amide bonds. The number of aliphatic imine (C=N–C) groups is 1. The van der Waals surface area contributed by atoms with Crippen molar-refractivity contribution < 1.29 is 31.1 Å². The van der Waals surface area contributed by atoms with Crippen molar-refractivity contribution in [3.63, 3.8) is 0 Å². The molecule has 1 aliphatic rings. The summed E-state index contributed by atoms with van der Waals surface area (Å²) in [6, 6.07) is 6.75. The molecule has 1 aromatic rings. The predicted octanol–water partition coefficient (Wildman–Crippen LogP) is 3.07. The summed E-state index contributed by atoms with van der Waals surface area (Å²) in [6.45, 7) is -1.41. The molecule has 29 heavy (non-hydrogen) atoms. The number of ether oxygens (including phenoxy) is 1. The predicted molar refractivity (Wildman–Crippen MR) is 96.4 cm³/mol. The average Bonchev–Trinajstić information content (AvgIpc) is 3.03. The van der Waals surface area contributed by atoms with Crippen LogP contribution >= 0.6 is 0 Å². The molecule has 0 aliphatic carbocycles. The molecule has 164 valence electrons. The molecule has 1 unspecified atom stereocenters. The lowest BCUT2D eigenvalue weighted by molar-refractivity contribution is -0.176. The fourth-order valence-electron chi connectivity index (χ4n) is 3.04. The largest absolute Gasteiger partial charge is 0.411 e. The van der Waals surface area contributed by atoms with Crippen LogP contribution in [0.15, 0.2) is 29.3 Å². The van der Waals surface area contributed by atoms with Crippen molar-refractivity contribution in [1.29, 1.82) is 0 Å². The Labute approximate surface area is 165 Å². The lowest BCUT2D eigenvalue weighted by Crippen LogP contribution is -2.44. The summed E-state index contributed by atoms with van der Waals surface area (Å²) in [5, 5.41) is 6.16. The van der Waals surface area contributed by atoms with Gasteiger partial charge in [0.15, 0.2) is 5.96 Å². The molecule has 5 nitrogen and oxygen atoms in total. The van der Waals surface area contributed by atoms with Gasteiger partial charge in [-0.1, -0.05) is 24.3 Å². The van der Waals surface area contributed by atoms with Crippen molar-refractivity contribution >= 4 is 5.96 Å². The van der Waals surface area contributed by atoms with Gasteiger partial charge in [0, 0.05) is 32.7 Å². The minimum absolute atomic E-state index is 0.148. The van der Waals surface area contributed by atoms with Crippen molar-refractivity contribution in [3.05, 3.63) is 35.4 Å². The van der Waals surface area contributed by atoms with Gasteiger partial charge in [-0.2, -0.15) is 26.3 Å². The van der Waals surface area contributed by atoms with E-state index < -0.39 is 25.5 Å². The number of guanidine groups is 1. The Balaban J connectivity index is 1.79. The van der Waals surface area contributed by atoms with E-state index in [2.05, 4.69) is 20.4 Å². The molecule has 0 spiro atoms. The van der Waals surface area contributed by atoms with Crippen LogP contribution < -0.4 is 10.6 Å². The zero-order valence-electron chi connectivity index (χ0n) is 15.9. The summed E-state index contributed by atoms with van der Waals surface area (Å²) in [5.74, 6) is 0.447. The van der Waals surface area contributed by atoms with Gasteiger partial charge < -0.3 is 15.4 Å².